The van der Waals surface area contributed by atoms with Gasteiger partial charge in [-0.25, -0.2) is 0 Å². The molecule has 2 aromatic rings. The lowest BCUT2D eigenvalue weighted by Gasteiger charge is -2.19. The average Bonchev–Trinajstić information content (AvgIpc) is 3.08. The van der Waals surface area contributed by atoms with E-state index in [1.54, 1.807) is 18.5 Å². The van der Waals surface area contributed by atoms with Gasteiger partial charge in [0.1, 0.15) is 0 Å². The summed E-state index contributed by atoms with van der Waals surface area (Å²) in [7, 11) is 0. The number of nitrogens with zero attached hydrogens (tertiary/aromatic N) is 2. The molecule has 1 aromatic heterocycles. The van der Waals surface area contributed by atoms with Gasteiger partial charge in [-0.15, -0.1) is 0 Å². The van der Waals surface area contributed by atoms with Gasteiger partial charge in [0.2, 0.25) is 0 Å². The van der Waals surface area contributed by atoms with Crippen molar-refractivity contribution in [1.29, 1.82) is 0 Å². The van der Waals surface area contributed by atoms with E-state index in [4.69, 9.17) is 0 Å². The van der Waals surface area contributed by atoms with Gasteiger partial charge in [-0.3, -0.25) is 15.1 Å². The van der Waals surface area contributed by atoms with Crippen molar-refractivity contribution in [2.24, 2.45) is 0 Å². The Labute approximate surface area is 124 Å². The van der Waals surface area contributed by atoms with Crippen LogP contribution >= 0.6 is 0 Å². The van der Waals surface area contributed by atoms with Crippen molar-refractivity contribution >= 4 is 11.6 Å². The topological polar surface area (TPSA) is 57.3 Å². The van der Waals surface area contributed by atoms with Crippen LogP contribution in [0.15, 0.2) is 48.8 Å². The maximum atomic E-state index is 12.4. The highest BCUT2D eigenvalue weighted by molar-refractivity contribution is 5.99. The maximum absolute atomic E-state index is 12.4. The molecule has 1 aliphatic heterocycles. The molecule has 0 atom stereocenters. The number of nitrogens with one attached hydrogen (secondary N) is 2. The number of anilines is 1. The summed E-state index contributed by atoms with van der Waals surface area (Å²) >= 11 is 0. The number of carbonyl (C=O) groups excluding carboxylic acids is 1. The van der Waals surface area contributed by atoms with Crippen molar-refractivity contribution in [3.8, 4) is 0 Å². The first-order valence-corrected chi connectivity index (χ1v) is 7.06. The SMILES string of the molecule is O=C(NCc1ccccc1)c1ccncc1N1CCNC1. The first-order chi connectivity index (χ1) is 10.3. The Bertz CT molecular complexity index is 609. The van der Waals surface area contributed by atoms with E-state index in [1.165, 1.54) is 0 Å². The lowest BCUT2D eigenvalue weighted by Crippen LogP contribution is -2.28. The van der Waals surface area contributed by atoms with Crippen LogP contribution < -0.4 is 15.5 Å². The largest absolute Gasteiger partial charge is 0.356 e. The fraction of sp³-hybridized carbons (Fsp3) is 0.250. The third-order valence-corrected chi connectivity index (χ3v) is 3.54. The molecule has 0 radical (unpaired) electrons. The summed E-state index contributed by atoms with van der Waals surface area (Å²) in [5.41, 5.74) is 2.64. The molecule has 5 nitrogen and oxygen atoms in total. The normalized spacial score (nSPS) is 14.2. The van der Waals surface area contributed by atoms with E-state index in [-0.39, 0.29) is 5.91 Å². The predicted molar refractivity (Wildman–Crippen MR) is 82.1 cm³/mol. The van der Waals surface area contributed by atoms with Crippen LogP contribution in [0, 0.1) is 0 Å². The number of amides is 1. The van der Waals surface area contributed by atoms with Crippen LogP contribution in [0.5, 0.6) is 0 Å². The molecule has 21 heavy (non-hydrogen) atoms. The molecule has 0 aliphatic carbocycles. The fourth-order valence-electron chi connectivity index (χ4n) is 2.42. The zero-order valence-corrected chi connectivity index (χ0v) is 11.7. The van der Waals surface area contributed by atoms with Gasteiger partial charge in [0.05, 0.1) is 24.1 Å². The van der Waals surface area contributed by atoms with E-state index in [0.717, 1.165) is 31.0 Å². The number of carbonyl (C=O) groups is 1. The number of hydrogen-bond acceptors (Lipinski definition) is 4. The molecular weight excluding hydrogens is 264 g/mol. The number of pyridine rings is 1. The Morgan fingerprint density at radius 1 is 1.29 bits per heavy atom. The molecular formula is C16H18N4O. The van der Waals surface area contributed by atoms with Gasteiger partial charge in [0.15, 0.2) is 0 Å². The quantitative estimate of drug-likeness (QED) is 0.889. The van der Waals surface area contributed by atoms with Gasteiger partial charge in [0.25, 0.3) is 5.91 Å². The van der Waals surface area contributed by atoms with Gasteiger partial charge in [-0.05, 0) is 11.6 Å². The molecule has 1 aromatic carbocycles. The standard InChI is InChI=1S/C16H18N4O/c21-16(19-10-13-4-2-1-3-5-13)14-6-7-17-11-15(14)20-9-8-18-12-20/h1-7,11,18H,8-10,12H2,(H,19,21). The number of rotatable bonds is 4. The molecule has 0 spiro atoms. The Kier molecular flexibility index (Phi) is 4.12. The first kappa shape index (κ1) is 13.6. The van der Waals surface area contributed by atoms with Crippen LogP contribution in [0.1, 0.15) is 15.9 Å². The predicted octanol–water partition coefficient (Wildman–Crippen LogP) is 1.38. The lowest BCUT2D eigenvalue weighted by atomic mass is 10.2. The smallest absolute Gasteiger partial charge is 0.253 e. The Morgan fingerprint density at radius 2 is 2.14 bits per heavy atom. The van der Waals surface area contributed by atoms with Gasteiger partial charge in [-0.2, -0.15) is 0 Å². The molecule has 2 heterocycles. The number of benzene rings is 1. The molecule has 1 aliphatic rings. The molecule has 0 unspecified atom stereocenters. The second-order valence-electron chi connectivity index (χ2n) is 4.98. The highest BCUT2D eigenvalue weighted by Gasteiger charge is 2.19. The summed E-state index contributed by atoms with van der Waals surface area (Å²) in [4.78, 5) is 18.7. The maximum Gasteiger partial charge on any atom is 0.253 e. The average molecular weight is 282 g/mol. The summed E-state index contributed by atoms with van der Waals surface area (Å²) in [6, 6.07) is 11.7. The van der Waals surface area contributed by atoms with Crippen molar-refractivity contribution < 1.29 is 4.79 Å². The Morgan fingerprint density at radius 3 is 2.90 bits per heavy atom. The first-order valence-electron chi connectivity index (χ1n) is 7.06. The molecule has 1 fully saturated rings. The molecule has 1 saturated heterocycles. The molecule has 3 rings (SSSR count). The van der Waals surface area contributed by atoms with Crippen LogP contribution in [-0.2, 0) is 6.54 Å². The molecule has 0 saturated carbocycles. The molecule has 1 amide bonds. The third kappa shape index (κ3) is 3.20. The summed E-state index contributed by atoms with van der Waals surface area (Å²) in [5.74, 6) is -0.0665. The van der Waals surface area contributed by atoms with E-state index < -0.39 is 0 Å². The highest BCUT2D eigenvalue weighted by Crippen LogP contribution is 2.19. The fourth-order valence-corrected chi connectivity index (χ4v) is 2.42. The number of aromatic nitrogens is 1. The Hall–Kier alpha value is -2.40. The van der Waals surface area contributed by atoms with Crippen LogP contribution in [0.2, 0.25) is 0 Å². The molecule has 5 heteroatoms. The second kappa shape index (κ2) is 6.37. The van der Waals surface area contributed by atoms with Crippen LogP contribution in [0.25, 0.3) is 0 Å². The third-order valence-electron chi connectivity index (χ3n) is 3.54. The van der Waals surface area contributed by atoms with Gasteiger partial charge >= 0.3 is 0 Å². The van der Waals surface area contributed by atoms with E-state index in [0.29, 0.717) is 12.1 Å². The van der Waals surface area contributed by atoms with Gasteiger partial charge in [-0.1, -0.05) is 30.3 Å². The van der Waals surface area contributed by atoms with Gasteiger partial charge < -0.3 is 10.2 Å². The van der Waals surface area contributed by atoms with Gasteiger partial charge in [0, 0.05) is 25.8 Å². The minimum absolute atomic E-state index is 0.0665. The van der Waals surface area contributed by atoms with Crippen LogP contribution in [0.4, 0.5) is 5.69 Å². The zero-order valence-electron chi connectivity index (χ0n) is 11.7. The van der Waals surface area contributed by atoms with E-state index in [2.05, 4.69) is 20.5 Å². The van der Waals surface area contributed by atoms with Crippen LogP contribution in [-0.4, -0.2) is 30.6 Å². The summed E-state index contributed by atoms with van der Waals surface area (Å²) in [6.45, 7) is 3.11. The van der Waals surface area contributed by atoms with Crippen molar-refractivity contribution in [1.82, 2.24) is 15.6 Å². The second-order valence-corrected chi connectivity index (χ2v) is 4.98. The molecule has 108 valence electrons. The summed E-state index contributed by atoms with van der Waals surface area (Å²) in [5, 5.41) is 6.23. The monoisotopic (exact) mass is 282 g/mol. The van der Waals surface area contributed by atoms with E-state index >= 15 is 0 Å². The van der Waals surface area contributed by atoms with E-state index in [1.807, 2.05) is 30.3 Å². The van der Waals surface area contributed by atoms with E-state index in [9.17, 15) is 4.79 Å². The summed E-state index contributed by atoms with van der Waals surface area (Å²) < 4.78 is 0. The number of hydrogen-bond donors (Lipinski definition) is 2. The highest BCUT2D eigenvalue weighted by atomic mass is 16.1. The van der Waals surface area contributed by atoms with Crippen molar-refractivity contribution in [3.63, 3.8) is 0 Å². The summed E-state index contributed by atoms with van der Waals surface area (Å²) in [6.07, 6.45) is 3.41. The zero-order chi connectivity index (χ0) is 14.5. The minimum Gasteiger partial charge on any atom is -0.356 e. The minimum atomic E-state index is -0.0665. The lowest BCUT2D eigenvalue weighted by molar-refractivity contribution is 0.0951. The Balaban J connectivity index is 1.72. The molecule has 0 bridgehead atoms. The van der Waals surface area contributed by atoms with Crippen molar-refractivity contribution in [2.75, 3.05) is 24.7 Å². The van der Waals surface area contributed by atoms with Crippen molar-refractivity contribution in [3.05, 3.63) is 59.9 Å². The molecule has 2 N–H and O–H groups in total. The van der Waals surface area contributed by atoms with Crippen molar-refractivity contribution in [2.45, 2.75) is 6.54 Å². The van der Waals surface area contributed by atoms with Crippen LogP contribution in [0.3, 0.4) is 0 Å².